The Morgan fingerprint density at radius 2 is 1.96 bits per heavy atom. The number of aryl methyl sites for hydroxylation is 1. The van der Waals surface area contributed by atoms with Gasteiger partial charge in [-0.2, -0.15) is 0 Å². The predicted molar refractivity (Wildman–Crippen MR) is 90.5 cm³/mol. The van der Waals surface area contributed by atoms with Crippen molar-refractivity contribution in [1.29, 1.82) is 0 Å². The number of amides is 3. The van der Waals surface area contributed by atoms with E-state index in [0.717, 1.165) is 6.42 Å². The fraction of sp³-hybridized carbons (Fsp3) is 0.375. The van der Waals surface area contributed by atoms with Crippen molar-refractivity contribution >= 4 is 17.6 Å². The van der Waals surface area contributed by atoms with Crippen molar-refractivity contribution in [3.05, 3.63) is 42.0 Å². The lowest BCUT2D eigenvalue weighted by atomic mass is 10.1. The fourth-order valence-corrected chi connectivity index (χ4v) is 1.92. The van der Waals surface area contributed by atoms with Crippen molar-refractivity contribution in [1.82, 2.24) is 25.4 Å². The maximum Gasteiger partial charge on any atom is 0.319 e. The molecule has 1 atom stereocenters. The summed E-state index contributed by atoms with van der Waals surface area (Å²) in [6.45, 7) is 4.24. The summed E-state index contributed by atoms with van der Waals surface area (Å²) in [5, 5.41) is 15.9. The summed E-state index contributed by atoms with van der Waals surface area (Å²) in [6, 6.07) is 6.50. The summed E-state index contributed by atoms with van der Waals surface area (Å²) < 4.78 is 1.73. The molecule has 0 saturated heterocycles. The molecular formula is C16H22N6O2. The van der Waals surface area contributed by atoms with Gasteiger partial charge in [0.05, 0.1) is 6.54 Å². The molecule has 2 aromatic rings. The number of nitrogens with one attached hydrogen (secondary N) is 3. The minimum Gasteiger partial charge on any atom is -0.350 e. The van der Waals surface area contributed by atoms with Crippen LogP contribution in [0.4, 0.5) is 10.5 Å². The van der Waals surface area contributed by atoms with Gasteiger partial charge in [-0.15, -0.1) is 10.2 Å². The first-order chi connectivity index (χ1) is 11.5. The molecule has 3 N–H and O–H groups in total. The summed E-state index contributed by atoms with van der Waals surface area (Å²) in [4.78, 5) is 23.9. The Morgan fingerprint density at radius 3 is 2.54 bits per heavy atom. The Morgan fingerprint density at radius 1 is 1.25 bits per heavy atom. The molecule has 8 nitrogen and oxygen atoms in total. The molecule has 1 heterocycles. The molecule has 0 radical (unpaired) electrons. The van der Waals surface area contributed by atoms with Gasteiger partial charge < -0.3 is 20.5 Å². The first-order valence-electron chi connectivity index (χ1n) is 7.78. The Kier molecular flexibility index (Phi) is 5.89. The highest BCUT2D eigenvalue weighted by atomic mass is 16.2. The van der Waals surface area contributed by atoms with Crippen molar-refractivity contribution in [3.8, 4) is 0 Å². The maximum atomic E-state index is 12.0. The Bertz CT molecular complexity index is 695. The van der Waals surface area contributed by atoms with E-state index < -0.39 is 0 Å². The van der Waals surface area contributed by atoms with Gasteiger partial charge in [-0.1, -0.05) is 6.92 Å². The number of carbonyl (C=O) groups is 2. The number of benzene rings is 1. The van der Waals surface area contributed by atoms with Gasteiger partial charge in [-0.3, -0.25) is 4.79 Å². The van der Waals surface area contributed by atoms with Gasteiger partial charge in [0.25, 0.3) is 5.91 Å². The smallest absolute Gasteiger partial charge is 0.319 e. The topological polar surface area (TPSA) is 101 Å². The Balaban J connectivity index is 1.85. The highest BCUT2D eigenvalue weighted by Gasteiger charge is 2.09. The zero-order valence-electron chi connectivity index (χ0n) is 14.0. The third kappa shape index (κ3) is 4.80. The molecule has 3 amide bonds. The second kappa shape index (κ2) is 8.09. The Labute approximate surface area is 140 Å². The van der Waals surface area contributed by atoms with E-state index >= 15 is 0 Å². The van der Waals surface area contributed by atoms with Crippen LogP contribution in [-0.2, 0) is 13.6 Å². The molecule has 0 fully saturated rings. The van der Waals surface area contributed by atoms with Crippen LogP contribution in [0.5, 0.6) is 0 Å². The van der Waals surface area contributed by atoms with Crippen molar-refractivity contribution in [2.45, 2.75) is 32.9 Å². The van der Waals surface area contributed by atoms with E-state index in [2.05, 4.69) is 26.1 Å². The highest BCUT2D eigenvalue weighted by molar-refractivity contribution is 5.95. The molecule has 0 bridgehead atoms. The van der Waals surface area contributed by atoms with Gasteiger partial charge in [0, 0.05) is 24.3 Å². The van der Waals surface area contributed by atoms with Crippen LogP contribution in [0.15, 0.2) is 30.6 Å². The lowest BCUT2D eigenvalue weighted by Crippen LogP contribution is -2.32. The number of hydrogen-bond acceptors (Lipinski definition) is 4. The zero-order chi connectivity index (χ0) is 17.5. The number of urea groups is 1. The van der Waals surface area contributed by atoms with Gasteiger partial charge in [0.15, 0.2) is 5.82 Å². The SMILES string of the molecule is CCC(C)NC(=O)c1ccc(NC(=O)NCc2nncn2C)cc1. The Hall–Kier alpha value is -2.90. The van der Waals surface area contributed by atoms with Crippen LogP contribution in [0.3, 0.4) is 0 Å². The van der Waals surface area contributed by atoms with Gasteiger partial charge in [0.1, 0.15) is 6.33 Å². The van der Waals surface area contributed by atoms with Gasteiger partial charge in [0.2, 0.25) is 0 Å². The molecule has 0 saturated carbocycles. The van der Waals surface area contributed by atoms with E-state index in [1.54, 1.807) is 42.2 Å². The summed E-state index contributed by atoms with van der Waals surface area (Å²) in [7, 11) is 1.80. The number of nitrogens with zero attached hydrogens (tertiary/aromatic N) is 3. The minimum atomic E-state index is -0.352. The van der Waals surface area contributed by atoms with E-state index in [1.807, 2.05) is 13.8 Å². The monoisotopic (exact) mass is 330 g/mol. The lowest BCUT2D eigenvalue weighted by molar-refractivity contribution is 0.0939. The van der Waals surface area contributed by atoms with Crippen LogP contribution >= 0.6 is 0 Å². The number of rotatable bonds is 6. The van der Waals surface area contributed by atoms with E-state index in [9.17, 15) is 9.59 Å². The number of hydrogen-bond donors (Lipinski definition) is 3. The molecular weight excluding hydrogens is 308 g/mol. The number of carbonyl (C=O) groups excluding carboxylic acids is 2. The average Bonchev–Trinajstić information content (AvgIpc) is 2.98. The van der Waals surface area contributed by atoms with E-state index in [1.165, 1.54) is 0 Å². The van der Waals surface area contributed by atoms with Crippen LogP contribution in [0, 0.1) is 0 Å². The summed E-state index contributed by atoms with van der Waals surface area (Å²) in [6.07, 6.45) is 2.44. The summed E-state index contributed by atoms with van der Waals surface area (Å²) >= 11 is 0. The van der Waals surface area contributed by atoms with Crippen LogP contribution in [0.2, 0.25) is 0 Å². The highest BCUT2D eigenvalue weighted by Crippen LogP contribution is 2.10. The molecule has 1 aromatic carbocycles. The van der Waals surface area contributed by atoms with Crippen molar-refractivity contribution < 1.29 is 9.59 Å². The first kappa shape index (κ1) is 17.5. The van der Waals surface area contributed by atoms with E-state index in [0.29, 0.717) is 17.1 Å². The van der Waals surface area contributed by atoms with Crippen molar-refractivity contribution in [2.24, 2.45) is 7.05 Å². The fourth-order valence-electron chi connectivity index (χ4n) is 1.92. The summed E-state index contributed by atoms with van der Waals surface area (Å²) in [5.74, 6) is 0.532. The largest absolute Gasteiger partial charge is 0.350 e. The molecule has 0 aliphatic heterocycles. The van der Waals surface area contributed by atoms with Gasteiger partial charge >= 0.3 is 6.03 Å². The first-order valence-corrected chi connectivity index (χ1v) is 7.78. The average molecular weight is 330 g/mol. The van der Waals surface area contributed by atoms with E-state index in [4.69, 9.17) is 0 Å². The second-order valence-electron chi connectivity index (χ2n) is 5.53. The molecule has 128 valence electrons. The quantitative estimate of drug-likeness (QED) is 0.750. The molecule has 1 aromatic heterocycles. The van der Waals surface area contributed by atoms with Gasteiger partial charge in [-0.25, -0.2) is 4.79 Å². The van der Waals surface area contributed by atoms with Crippen LogP contribution in [0.1, 0.15) is 36.5 Å². The minimum absolute atomic E-state index is 0.123. The molecule has 24 heavy (non-hydrogen) atoms. The molecule has 8 heteroatoms. The van der Waals surface area contributed by atoms with Gasteiger partial charge in [-0.05, 0) is 37.6 Å². The number of anilines is 1. The molecule has 0 spiro atoms. The van der Waals surface area contributed by atoms with Crippen LogP contribution in [-0.4, -0.2) is 32.7 Å². The molecule has 0 aliphatic carbocycles. The zero-order valence-corrected chi connectivity index (χ0v) is 14.0. The van der Waals surface area contributed by atoms with Crippen molar-refractivity contribution in [3.63, 3.8) is 0 Å². The molecule has 1 unspecified atom stereocenters. The third-order valence-electron chi connectivity index (χ3n) is 3.61. The van der Waals surface area contributed by atoms with Crippen LogP contribution < -0.4 is 16.0 Å². The second-order valence-corrected chi connectivity index (χ2v) is 5.53. The predicted octanol–water partition coefficient (Wildman–Crippen LogP) is 1.67. The summed E-state index contributed by atoms with van der Waals surface area (Å²) in [5.41, 5.74) is 1.16. The molecule has 0 aliphatic rings. The molecule has 2 rings (SSSR count). The van der Waals surface area contributed by atoms with E-state index in [-0.39, 0.29) is 24.5 Å². The van der Waals surface area contributed by atoms with Crippen molar-refractivity contribution in [2.75, 3.05) is 5.32 Å². The lowest BCUT2D eigenvalue weighted by Gasteiger charge is -2.12. The van der Waals surface area contributed by atoms with Crippen LogP contribution in [0.25, 0.3) is 0 Å². The number of aromatic nitrogens is 3. The normalized spacial score (nSPS) is 11.6. The standard InChI is InChI=1S/C16H22N6O2/c1-4-11(2)19-15(23)12-5-7-13(8-6-12)20-16(24)17-9-14-21-18-10-22(14)3/h5-8,10-11H,4,9H2,1-3H3,(H,19,23)(H2,17,20,24). The maximum absolute atomic E-state index is 12.0. The third-order valence-corrected chi connectivity index (χ3v) is 3.61.